The molecule has 0 spiro atoms. The van der Waals surface area contributed by atoms with Crippen molar-refractivity contribution in [3.8, 4) is 5.75 Å². The first-order chi connectivity index (χ1) is 15.7. The Labute approximate surface area is 191 Å². The molecular weight excluding hydrogens is 482 g/mol. The summed E-state index contributed by atoms with van der Waals surface area (Å²) in [6.45, 7) is -3.05. The fraction of sp³-hybridized carbons (Fsp3) is 0.0500. The molecule has 0 aliphatic heterocycles. The Balaban J connectivity index is 1.94. The standard InChI is InChI=1S/C20H15ClF2N4O5S/c21-15-6-2-3-7-16(15)26-33(30,31)19-11-14(27(28)29)9-10-17(19)25-24-12-13-5-1-4-8-18(13)32-20(22)23/h1-12,20,25-26H/b24-12+. The van der Waals surface area contributed by atoms with Crippen molar-refractivity contribution in [1.82, 2.24) is 0 Å². The van der Waals surface area contributed by atoms with Crippen LogP contribution < -0.4 is 14.9 Å². The van der Waals surface area contributed by atoms with Crippen molar-refractivity contribution in [3.05, 3.63) is 87.4 Å². The molecule has 172 valence electrons. The monoisotopic (exact) mass is 496 g/mol. The number of sulfonamides is 1. The quantitative estimate of drug-likeness (QED) is 0.241. The fourth-order valence-corrected chi connectivity index (χ4v) is 4.14. The van der Waals surface area contributed by atoms with Crippen molar-refractivity contribution in [1.29, 1.82) is 0 Å². The van der Waals surface area contributed by atoms with E-state index in [4.69, 9.17) is 11.6 Å². The van der Waals surface area contributed by atoms with Crippen LogP contribution in [0.5, 0.6) is 5.75 Å². The number of halogens is 3. The predicted octanol–water partition coefficient (Wildman–Crippen LogP) is 5.10. The van der Waals surface area contributed by atoms with E-state index >= 15 is 0 Å². The van der Waals surface area contributed by atoms with Gasteiger partial charge in [-0.1, -0.05) is 35.9 Å². The summed E-state index contributed by atoms with van der Waals surface area (Å²) in [5.41, 5.74) is 2.14. The van der Waals surface area contributed by atoms with E-state index in [-0.39, 0.29) is 27.7 Å². The van der Waals surface area contributed by atoms with Gasteiger partial charge in [-0.05, 0) is 30.3 Å². The topological polar surface area (TPSA) is 123 Å². The van der Waals surface area contributed by atoms with Crippen LogP contribution in [0.1, 0.15) is 5.56 Å². The second kappa shape index (κ2) is 10.2. The number of para-hydroxylation sites is 2. The van der Waals surface area contributed by atoms with E-state index in [1.807, 2.05) is 0 Å². The third-order valence-electron chi connectivity index (χ3n) is 4.11. The lowest BCUT2D eigenvalue weighted by molar-refractivity contribution is -0.385. The number of non-ortho nitro benzene ring substituents is 1. The Bertz CT molecular complexity index is 1310. The number of rotatable bonds is 9. The SMILES string of the molecule is O=[N+]([O-])c1ccc(N/N=C/c2ccccc2OC(F)F)c(S(=O)(=O)Nc2ccccc2Cl)c1. The molecule has 0 saturated heterocycles. The van der Waals surface area contributed by atoms with Crippen molar-refractivity contribution in [2.45, 2.75) is 11.5 Å². The van der Waals surface area contributed by atoms with E-state index in [9.17, 15) is 27.3 Å². The number of nitrogens with one attached hydrogen (secondary N) is 2. The Hall–Kier alpha value is -3.77. The lowest BCUT2D eigenvalue weighted by Gasteiger charge is -2.13. The molecule has 0 bridgehead atoms. The average Bonchev–Trinajstić information content (AvgIpc) is 2.76. The number of hydrogen-bond donors (Lipinski definition) is 2. The summed E-state index contributed by atoms with van der Waals surface area (Å²) in [7, 11) is -4.34. The maximum absolute atomic E-state index is 13.0. The second-order valence-corrected chi connectivity index (χ2v) is 8.37. The highest BCUT2D eigenvalue weighted by atomic mass is 35.5. The van der Waals surface area contributed by atoms with Crippen LogP contribution in [0.4, 0.5) is 25.8 Å². The number of benzene rings is 3. The molecule has 0 fully saturated rings. The molecule has 3 aromatic rings. The molecule has 0 atom stereocenters. The van der Waals surface area contributed by atoms with Gasteiger partial charge in [0.05, 0.1) is 27.5 Å². The largest absolute Gasteiger partial charge is 0.434 e. The zero-order chi connectivity index (χ0) is 24.0. The first kappa shape index (κ1) is 23.9. The van der Waals surface area contributed by atoms with Gasteiger partial charge >= 0.3 is 6.61 Å². The minimum absolute atomic E-state index is 0.0678. The van der Waals surface area contributed by atoms with Crippen LogP contribution in [-0.2, 0) is 10.0 Å². The molecule has 13 heteroatoms. The summed E-state index contributed by atoms with van der Waals surface area (Å²) in [5.74, 6) is -0.144. The summed E-state index contributed by atoms with van der Waals surface area (Å²) in [4.78, 5) is 9.94. The van der Waals surface area contributed by atoms with Crippen molar-refractivity contribution in [2.24, 2.45) is 5.10 Å². The van der Waals surface area contributed by atoms with Gasteiger partial charge in [0.15, 0.2) is 0 Å². The number of alkyl halides is 2. The summed E-state index contributed by atoms with van der Waals surface area (Å²) >= 11 is 6.00. The maximum Gasteiger partial charge on any atom is 0.387 e. The number of nitro groups is 1. The Morgan fingerprint density at radius 1 is 1.06 bits per heavy atom. The fourth-order valence-electron chi connectivity index (χ4n) is 2.64. The van der Waals surface area contributed by atoms with Crippen LogP contribution >= 0.6 is 11.6 Å². The highest BCUT2D eigenvalue weighted by Crippen LogP contribution is 2.30. The van der Waals surface area contributed by atoms with Crippen LogP contribution in [0.3, 0.4) is 0 Å². The summed E-state index contributed by atoms with van der Waals surface area (Å²) in [5, 5.41) is 15.2. The molecule has 9 nitrogen and oxygen atoms in total. The molecular formula is C20H15ClF2N4O5S. The van der Waals surface area contributed by atoms with Crippen LogP contribution in [0, 0.1) is 10.1 Å². The van der Waals surface area contributed by atoms with Crippen LogP contribution in [0.25, 0.3) is 0 Å². The first-order valence-electron chi connectivity index (χ1n) is 9.06. The molecule has 0 aliphatic rings. The van der Waals surface area contributed by atoms with E-state index < -0.39 is 32.1 Å². The molecule has 33 heavy (non-hydrogen) atoms. The van der Waals surface area contributed by atoms with Crippen molar-refractivity contribution in [3.63, 3.8) is 0 Å². The maximum atomic E-state index is 13.0. The van der Waals surface area contributed by atoms with Gasteiger partial charge in [-0.2, -0.15) is 13.9 Å². The van der Waals surface area contributed by atoms with Crippen molar-refractivity contribution < 1.29 is 26.9 Å². The molecule has 0 radical (unpaired) electrons. The van der Waals surface area contributed by atoms with E-state index in [2.05, 4.69) is 20.0 Å². The molecule has 0 aliphatic carbocycles. The van der Waals surface area contributed by atoms with Crippen LogP contribution in [-0.4, -0.2) is 26.2 Å². The highest BCUT2D eigenvalue weighted by Gasteiger charge is 2.23. The molecule has 3 rings (SSSR count). The number of hydrogen-bond acceptors (Lipinski definition) is 7. The zero-order valence-corrected chi connectivity index (χ0v) is 18.1. The van der Waals surface area contributed by atoms with Gasteiger partial charge in [0.2, 0.25) is 0 Å². The predicted molar refractivity (Wildman–Crippen MR) is 120 cm³/mol. The zero-order valence-electron chi connectivity index (χ0n) is 16.5. The molecule has 2 N–H and O–H groups in total. The summed E-state index contributed by atoms with van der Waals surface area (Å²) in [6.07, 6.45) is 1.14. The van der Waals surface area contributed by atoms with Crippen molar-refractivity contribution >= 4 is 44.9 Å². The molecule has 3 aromatic carbocycles. The lowest BCUT2D eigenvalue weighted by atomic mass is 10.2. The second-order valence-electron chi connectivity index (χ2n) is 6.31. The number of nitrogens with zero attached hydrogens (tertiary/aromatic N) is 2. The molecule has 0 amide bonds. The van der Waals surface area contributed by atoms with Crippen molar-refractivity contribution in [2.75, 3.05) is 10.1 Å². The molecule has 0 aromatic heterocycles. The van der Waals surface area contributed by atoms with Gasteiger partial charge in [-0.3, -0.25) is 20.3 Å². The third kappa shape index (κ3) is 6.14. The highest BCUT2D eigenvalue weighted by molar-refractivity contribution is 7.93. The number of nitro benzene ring substituents is 1. The van der Waals surface area contributed by atoms with E-state index in [1.165, 1.54) is 30.3 Å². The molecule has 0 saturated carbocycles. The lowest BCUT2D eigenvalue weighted by Crippen LogP contribution is -2.15. The van der Waals surface area contributed by atoms with Gasteiger partial charge in [-0.25, -0.2) is 8.42 Å². The minimum Gasteiger partial charge on any atom is -0.434 e. The summed E-state index contributed by atoms with van der Waals surface area (Å²) in [6, 6.07) is 14.9. The Kier molecular flexibility index (Phi) is 7.41. The van der Waals surface area contributed by atoms with Gasteiger partial charge in [0, 0.05) is 17.7 Å². The smallest absolute Gasteiger partial charge is 0.387 e. The number of hydrazone groups is 1. The number of anilines is 2. The van der Waals surface area contributed by atoms with E-state index in [1.54, 1.807) is 18.2 Å². The average molecular weight is 497 g/mol. The van der Waals surface area contributed by atoms with E-state index in [0.29, 0.717) is 0 Å². The Morgan fingerprint density at radius 2 is 1.76 bits per heavy atom. The normalized spacial score (nSPS) is 11.5. The minimum atomic E-state index is -4.34. The van der Waals surface area contributed by atoms with Gasteiger partial charge in [0.1, 0.15) is 10.6 Å². The molecule has 0 heterocycles. The van der Waals surface area contributed by atoms with Gasteiger partial charge in [0.25, 0.3) is 15.7 Å². The third-order valence-corrected chi connectivity index (χ3v) is 5.84. The van der Waals surface area contributed by atoms with Crippen LogP contribution in [0.15, 0.2) is 76.7 Å². The van der Waals surface area contributed by atoms with Gasteiger partial charge < -0.3 is 4.74 Å². The Morgan fingerprint density at radius 3 is 2.45 bits per heavy atom. The van der Waals surface area contributed by atoms with Crippen LogP contribution in [0.2, 0.25) is 5.02 Å². The first-order valence-corrected chi connectivity index (χ1v) is 10.9. The summed E-state index contributed by atoms with van der Waals surface area (Å²) < 4.78 is 57.7. The number of ether oxygens (including phenoxy) is 1. The molecule has 0 unspecified atom stereocenters. The van der Waals surface area contributed by atoms with Gasteiger partial charge in [-0.15, -0.1) is 0 Å². The van der Waals surface area contributed by atoms with E-state index in [0.717, 1.165) is 24.4 Å².